The monoisotopic (exact) mass is 857 g/mol. The van der Waals surface area contributed by atoms with Gasteiger partial charge in [0.2, 0.25) is 0 Å². The van der Waals surface area contributed by atoms with E-state index in [1.165, 1.54) is 68.4 Å². The fraction of sp³-hybridized carbons (Fsp3) is 0.211. The first-order valence-corrected chi connectivity index (χ1v) is 22.2. The van der Waals surface area contributed by atoms with Gasteiger partial charge in [0.05, 0.1) is 5.55 Å². The summed E-state index contributed by atoms with van der Waals surface area (Å²) in [5.41, 5.74) is 4.09. The SMILES string of the molecule is Cc1nnc(SCC2=C(C(=O)O)N3C(=O)C(NC(=O)C(=NOCCSC=NN)c4csc(NC(c5ccccc5)(c5ccccc5)c5ccccc5)n4)[C@H]3SC2)s1. The molecule has 2 aliphatic rings. The number of aryl methyl sites for hydroxylation is 1. The van der Waals surface area contributed by atoms with Crippen LogP contribution in [0.5, 0.6) is 0 Å². The number of hydrogen-bond donors (Lipinski definition) is 4. The first-order valence-electron chi connectivity index (χ1n) is 17.4. The predicted molar refractivity (Wildman–Crippen MR) is 228 cm³/mol. The van der Waals surface area contributed by atoms with Crippen molar-refractivity contribution >= 4 is 92.1 Å². The van der Waals surface area contributed by atoms with E-state index in [0.717, 1.165) is 21.7 Å². The molecule has 292 valence electrons. The number of nitrogens with two attached hydrogens (primary N) is 1. The van der Waals surface area contributed by atoms with Crippen LogP contribution in [0.1, 0.15) is 27.4 Å². The van der Waals surface area contributed by atoms with Gasteiger partial charge in [0.25, 0.3) is 11.8 Å². The Kier molecular flexibility index (Phi) is 12.9. The first kappa shape index (κ1) is 40.0. The van der Waals surface area contributed by atoms with Crippen molar-refractivity contribution in [2.24, 2.45) is 16.1 Å². The number of aromatic nitrogens is 3. The standard InChI is InChI=1S/C38H35N9O5S5/c1-23-44-45-37(57-23)56-20-24-19-54-34-30(33(49)47(34)31(24)35(50)51)42-32(48)29(46-52-17-18-53-22-40-39)28-21-55-36(41-28)43-38(25-11-5-2-6-12-25,26-13-7-3-8-14-26)27-15-9-4-10-16-27/h2-16,21-22,30,34H,17-20,39H2,1H3,(H,41,43)(H,42,48)(H,50,51)/t30?,34-/m1/s1. The summed E-state index contributed by atoms with van der Waals surface area (Å²) in [5.74, 6) is 3.90. The van der Waals surface area contributed by atoms with Crippen LogP contribution in [0.3, 0.4) is 0 Å². The smallest absolute Gasteiger partial charge is 0.352 e. The summed E-state index contributed by atoms with van der Waals surface area (Å²) in [5, 5.41) is 34.9. The van der Waals surface area contributed by atoms with Crippen molar-refractivity contribution in [3.8, 4) is 0 Å². The molecule has 5 aromatic rings. The Bertz CT molecular complexity index is 2210. The molecule has 19 heteroatoms. The lowest BCUT2D eigenvalue weighted by atomic mass is 9.77. The zero-order valence-corrected chi connectivity index (χ0v) is 34.3. The van der Waals surface area contributed by atoms with E-state index in [1.54, 1.807) is 5.38 Å². The highest BCUT2D eigenvalue weighted by atomic mass is 32.2. The number of nitrogens with one attached hydrogen (secondary N) is 2. The zero-order chi connectivity index (χ0) is 39.8. The summed E-state index contributed by atoms with van der Waals surface area (Å²) in [6.07, 6.45) is 0. The van der Waals surface area contributed by atoms with Crippen LogP contribution in [0.25, 0.3) is 0 Å². The minimum absolute atomic E-state index is 0.0762. The van der Waals surface area contributed by atoms with E-state index in [9.17, 15) is 19.5 Å². The van der Waals surface area contributed by atoms with Gasteiger partial charge < -0.3 is 26.4 Å². The highest BCUT2D eigenvalue weighted by Crippen LogP contribution is 2.43. The van der Waals surface area contributed by atoms with Gasteiger partial charge in [-0.1, -0.05) is 119 Å². The lowest BCUT2D eigenvalue weighted by Gasteiger charge is -2.49. The summed E-state index contributed by atoms with van der Waals surface area (Å²) >= 11 is 6.76. The quantitative estimate of drug-likeness (QED) is 0.0132. The Morgan fingerprint density at radius 2 is 1.68 bits per heavy atom. The van der Waals surface area contributed by atoms with Crippen LogP contribution in [-0.2, 0) is 24.8 Å². The molecule has 2 atom stereocenters. The number of β-lactam (4-membered cyclic amide) rings is 1. The summed E-state index contributed by atoms with van der Waals surface area (Å²) in [4.78, 5) is 51.9. The Labute approximate surface area is 348 Å². The number of oxime groups is 1. The van der Waals surface area contributed by atoms with E-state index in [1.807, 2.05) is 61.5 Å². The van der Waals surface area contributed by atoms with Gasteiger partial charge in [-0.05, 0) is 29.2 Å². The Morgan fingerprint density at radius 3 is 2.26 bits per heavy atom. The minimum atomic E-state index is -1.21. The molecular weight excluding hydrogens is 823 g/mol. The number of rotatable bonds is 17. The van der Waals surface area contributed by atoms with E-state index in [0.29, 0.717) is 32.3 Å². The summed E-state index contributed by atoms with van der Waals surface area (Å²) < 4.78 is 0.711. The molecule has 2 amide bonds. The zero-order valence-electron chi connectivity index (χ0n) is 30.2. The van der Waals surface area contributed by atoms with Crippen molar-refractivity contribution in [3.05, 3.63) is 135 Å². The fourth-order valence-electron chi connectivity index (χ4n) is 6.37. The molecule has 0 radical (unpaired) electrons. The topological polar surface area (TPSA) is 197 Å². The number of benzene rings is 3. The Hall–Kier alpha value is -5.21. The Morgan fingerprint density at radius 1 is 1.04 bits per heavy atom. The number of carbonyl (C=O) groups is 3. The summed E-state index contributed by atoms with van der Waals surface area (Å²) in [6, 6.07) is 29.1. The van der Waals surface area contributed by atoms with Gasteiger partial charge in [0, 0.05) is 22.6 Å². The molecule has 0 saturated carbocycles. The second-order valence-corrected chi connectivity index (χ2v) is 17.7. The molecule has 0 bridgehead atoms. The van der Waals surface area contributed by atoms with Crippen LogP contribution >= 0.6 is 58.0 Å². The lowest BCUT2D eigenvalue weighted by Crippen LogP contribution is -2.71. The molecule has 0 aliphatic carbocycles. The normalized spacial score (nSPS) is 17.0. The van der Waals surface area contributed by atoms with Gasteiger partial charge >= 0.3 is 5.97 Å². The average Bonchev–Trinajstić information content (AvgIpc) is 3.89. The number of hydrogen-bond acceptors (Lipinski definition) is 16. The van der Waals surface area contributed by atoms with Crippen molar-refractivity contribution < 1.29 is 24.3 Å². The molecule has 4 heterocycles. The number of carboxylic acid groups (broad SMARTS) is 1. The number of hydrazone groups is 1. The van der Waals surface area contributed by atoms with E-state index >= 15 is 0 Å². The molecular formula is C38H35N9O5S5. The number of fused-ring (bicyclic) bond motifs is 1. The van der Waals surface area contributed by atoms with Crippen LogP contribution in [0.4, 0.5) is 5.13 Å². The van der Waals surface area contributed by atoms with Gasteiger partial charge in [-0.15, -0.1) is 45.1 Å². The maximum atomic E-state index is 14.1. The average molecular weight is 858 g/mol. The third kappa shape index (κ3) is 8.71. The highest BCUT2D eigenvalue weighted by Gasteiger charge is 2.54. The molecule has 3 aromatic carbocycles. The van der Waals surface area contributed by atoms with Gasteiger partial charge in [0.1, 0.15) is 40.0 Å². The molecule has 0 spiro atoms. The van der Waals surface area contributed by atoms with Crippen LogP contribution in [0.2, 0.25) is 0 Å². The molecule has 2 aromatic heterocycles. The van der Waals surface area contributed by atoms with E-state index in [2.05, 4.69) is 67.5 Å². The van der Waals surface area contributed by atoms with Gasteiger partial charge in [-0.2, -0.15) is 5.10 Å². The first-order chi connectivity index (χ1) is 27.8. The molecule has 1 saturated heterocycles. The molecule has 14 nitrogen and oxygen atoms in total. The van der Waals surface area contributed by atoms with Crippen LogP contribution in [0, 0.1) is 6.92 Å². The van der Waals surface area contributed by atoms with Gasteiger partial charge in [-0.3, -0.25) is 14.5 Å². The third-order valence-corrected chi connectivity index (χ3v) is 13.7. The molecule has 1 fully saturated rings. The van der Waals surface area contributed by atoms with E-state index in [-0.39, 0.29) is 23.7 Å². The molecule has 5 N–H and O–H groups in total. The number of anilines is 1. The third-order valence-electron chi connectivity index (χ3n) is 8.87. The minimum Gasteiger partial charge on any atom is -0.477 e. The highest BCUT2D eigenvalue weighted by molar-refractivity contribution is 8.12. The molecule has 1 unspecified atom stereocenters. The lowest BCUT2D eigenvalue weighted by molar-refractivity contribution is -0.150. The molecule has 2 aliphatic heterocycles. The van der Waals surface area contributed by atoms with Crippen LogP contribution in [-0.4, -0.2) is 89.5 Å². The second kappa shape index (κ2) is 18.4. The maximum absolute atomic E-state index is 14.1. The van der Waals surface area contributed by atoms with Crippen molar-refractivity contribution in [3.63, 3.8) is 0 Å². The number of amides is 2. The summed E-state index contributed by atoms with van der Waals surface area (Å²) in [7, 11) is 0. The van der Waals surface area contributed by atoms with Crippen molar-refractivity contribution in [1.29, 1.82) is 0 Å². The van der Waals surface area contributed by atoms with E-state index in [4.69, 9.17) is 15.7 Å². The number of carboxylic acids is 1. The molecule has 57 heavy (non-hydrogen) atoms. The molecule has 7 rings (SSSR count). The Balaban J connectivity index is 1.16. The predicted octanol–water partition coefficient (Wildman–Crippen LogP) is 5.59. The second-order valence-electron chi connectivity index (χ2n) is 12.4. The van der Waals surface area contributed by atoms with Crippen LogP contribution < -0.4 is 16.5 Å². The van der Waals surface area contributed by atoms with E-state index < -0.39 is 34.7 Å². The van der Waals surface area contributed by atoms with Gasteiger partial charge in [-0.25, -0.2) is 9.78 Å². The van der Waals surface area contributed by atoms with Gasteiger partial charge in [0.15, 0.2) is 15.2 Å². The van der Waals surface area contributed by atoms with Crippen molar-refractivity contribution in [2.75, 3.05) is 29.2 Å². The van der Waals surface area contributed by atoms with Crippen molar-refractivity contribution in [1.82, 2.24) is 25.4 Å². The van der Waals surface area contributed by atoms with Crippen LogP contribution in [0.15, 0.2) is 122 Å². The fourth-order valence-corrected chi connectivity index (χ4v) is 10.8. The summed E-state index contributed by atoms with van der Waals surface area (Å²) in [6.45, 7) is 1.97. The largest absolute Gasteiger partial charge is 0.477 e. The number of thioether (sulfide) groups is 3. The maximum Gasteiger partial charge on any atom is 0.352 e. The van der Waals surface area contributed by atoms with Crippen molar-refractivity contribution in [2.45, 2.75) is 28.2 Å². The number of aliphatic carboxylic acids is 1. The number of nitrogens with zero attached hydrogens (tertiary/aromatic N) is 6. The number of thiazole rings is 1. The number of carbonyl (C=O) groups excluding carboxylic acids is 2.